The molecule has 0 aliphatic carbocycles. The Hall–Kier alpha value is -2.30. The number of aromatic amines is 1. The summed E-state index contributed by atoms with van der Waals surface area (Å²) < 4.78 is 4.67. The predicted molar refractivity (Wildman–Crippen MR) is 64.1 cm³/mol. The summed E-state index contributed by atoms with van der Waals surface area (Å²) in [4.78, 5) is 25.1. The highest BCUT2D eigenvalue weighted by Crippen LogP contribution is 2.30. The first-order valence-corrected chi connectivity index (χ1v) is 5.08. The van der Waals surface area contributed by atoms with E-state index in [-0.39, 0.29) is 5.69 Å². The van der Waals surface area contributed by atoms with E-state index in [0.29, 0.717) is 12.1 Å². The number of rotatable bonds is 3. The van der Waals surface area contributed by atoms with Crippen molar-refractivity contribution in [2.75, 3.05) is 12.4 Å². The van der Waals surface area contributed by atoms with E-state index in [1.54, 1.807) is 0 Å². The van der Waals surface area contributed by atoms with Gasteiger partial charge in [0.2, 0.25) is 6.41 Å². The highest BCUT2D eigenvalue weighted by molar-refractivity contribution is 6.09. The molecule has 1 heterocycles. The number of H-pyrrole nitrogens is 1. The van der Waals surface area contributed by atoms with Gasteiger partial charge in [0.05, 0.1) is 12.8 Å². The van der Waals surface area contributed by atoms with E-state index in [4.69, 9.17) is 0 Å². The van der Waals surface area contributed by atoms with Gasteiger partial charge in [-0.25, -0.2) is 4.79 Å². The minimum Gasteiger partial charge on any atom is -0.464 e. The van der Waals surface area contributed by atoms with Crippen LogP contribution in [0.3, 0.4) is 0 Å². The Morgan fingerprint density at radius 3 is 2.88 bits per heavy atom. The fraction of sp³-hybridized carbons (Fsp3) is 0.167. The lowest BCUT2D eigenvalue weighted by Gasteiger charge is -2.02. The van der Waals surface area contributed by atoms with E-state index in [0.717, 1.165) is 16.5 Å². The molecule has 0 saturated heterocycles. The molecular formula is C12H12N2O3. The van der Waals surface area contributed by atoms with Crippen molar-refractivity contribution in [3.05, 3.63) is 29.5 Å². The zero-order valence-electron chi connectivity index (χ0n) is 9.53. The Morgan fingerprint density at radius 2 is 2.24 bits per heavy atom. The van der Waals surface area contributed by atoms with Gasteiger partial charge in [-0.2, -0.15) is 0 Å². The molecule has 1 aromatic heterocycles. The summed E-state index contributed by atoms with van der Waals surface area (Å²) in [6, 6.07) is 5.62. The lowest BCUT2D eigenvalue weighted by Crippen LogP contribution is -2.06. The normalized spacial score (nSPS) is 10.2. The van der Waals surface area contributed by atoms with Crippen molar-refractivity contribution in [1.82, 2.24) is 4.98 Å². The molecule has 0 radical (unpaired) electrons. The van der Waals surface area contributed by atoms with Gasteiger partial charge in [0, 0.05) is 10.9 Å². The summed E-state index contributed by atoms with van der Waals surface area (Å²) in [5.41, 5.74) is 2.47. The molecule has 5 heteroatoms. The van der Waals surface area contributed by atoms with Gasteiger partial charge >= 0.3 is 5.97 Å². The third kappa shape index (κ3) is 1.75. The van der Waals surface area contributed by atoms with Crippen LogP contribution in [0.2, 0.25) is 0 Å². The van der Waals surface area contributed by atoms with Crippen LogP contribution in [0.25, 0.3) is 10.9 Å². The molecule has 0 spiro atoms. The largest absolute Gasteiger partial charge is 0.464 e. The first kappa shape index (κ1) is 11.2. The Labute approximate surface area is 97.8 Å². The molecule has 2 rings (SSSR count). The van der Waals surface area contributed by atoms with Crippen LogP contribution in [-0.2, 0) is 9.53 Å². The number of ether oxygens (including phenoxy) is 1. The average molecular weight is 232 g/mol. The van der Waals surface area contributed by atoms with Gasteiger partial charge in [0.1, 0.15) is 5.69 Å². The maximum absolute atomic E-state index is 11.6. The van der Waals surface area contributed by atoms with Gasteiger partial charge < -0.3 is 15.0 Å². The van der Waals surface area contributed by atoms with E-state index >= 15 is 0 Å². The molecule has 0 atom stereocenters. The molecule has 5 nitrogen and oxygen atoms in total. The van der Waals surface area contributed by atoms with E-state index in [2.05, 4.69) is 15.0 Å². The second kappa shape index (κ2) is 4.29. The van der Waals surface area contributed by atoms with Crippen molar-refractivity contribution in [2.45, 2.75) is 6.92 Å². The van der Waals surface area contributed by atoms with Gasteiger partial charge in [-0.05, 0) is 18.6 Å². The standard InChI is InChI=1S/C12H12N2O3/c1-7-4-3-5-8-9(7)10(13-6-15)11(14-8)12(16)17-2/h3-6,14H,1-2H3,(H,13,15). The molecule has 88 valence electrons. The molecular weight excluding hydrogens is 220 g/mol. The fourth-order valence-electron chi connectivity index (χ4n) is 1.88. The Bertz CT molecular complexity index is 587. The summed E-state index contributed by atoms with van der Waals surface area (Å²) >= 11 is 0. The molecule has 1 amide bonds. The van der Waals surface area contributed by atoms with E-state index in [9.17, 15) is 9.59 Å². The van der Waals surface area contributed by atoms with Gasteiger partial charge in [-0.3, -0.25) is 4.79 Å². The molecule has 2 N–H and O–H groups in total. The predicted octanol–water partition coefficient (Wildman–Crippen LogP) is 1.83. The summed E-state index contributed by atoms with van der Waals surface area (Å²) in [5.74, 6) is -0.509. The molecule has 0 fully saturated rings. The highest BCUT2D eigenvalue weighted by atomic mass is 16.5. The molecule has 0 bridgehead atoms. The summed E-state index contributed by atoms with van der Waals surface area (Å²) in [6.07, 6.45) is 0.543. The number of hydrogen-bond donors (Lipinski definition) is 2. The first-order chi connectivity index (χ1) is 8.19. The van der Waals surface area contributed by atoms with Crippen molar-refractivity contribution < 1.29 is 14.3 Å². The van der Waals surface area contributed by atoms with E-state index < -0.39 is 5.97 Å². The topological polar surface area (TPSA) is 71.2 Å². The third-order valence-electron chi connectivity index (χ3n) is 2.63. The summed E-state index contributed by atoms with van der Waals surface area (Å²) in [6.45, 7) is 1.91. The Morgan fingerprint density at radius 1 is 1.47 bits per heavy atom. The van der Waals surface area contributed by atoms with Crippen molar-refractivity contribution in [3.63, 3.8) is 0 Å². The molecule has 17 heavy (non-hydrogen) atoms. The molecule has 0 aliphatic heterocycles. The monoisotopic (exact) mass is 232 g/mol. The lowest BCUT2D eigenvalue weighted by atomic mass is 10.1. The third-order valence-corrected chi connectivity index (χ3v) is 2.63. The van der Waals surface area contributed by atoms with Crippen molar-refractivity contribution >= 4 is 29.0 Å². The second-order valence-corrected chi connectivity index (χ2v) is 3.63. The molecule has 0 saturated carbocycles. The number of carbonyl (C=O) groups is 2. The van der Waals surface area contributed by atoms with Crippen LogP contribution in [0.15, 0.2) is 18.2 Å². The Balaban J connectivity index is 2.75. The van der Waals surface area contributed by atoms with E-state index in [1.165, 1.54) is 7.11 Å². The van der Waals surface area contributed by atoms with Crippen LogP contribution in [0.5, 0.6) is 0 Å². The number of benzene rings is 1. The maximum Gasteiger partial charge on any atom is 0.356 e. The number of methoxy groups -OCH3 is 1. The molecule has 0 unspecified atom stereocenters. The van der Waals surface area contributed by atoms with Crippen molar-refractivity contribution in [3.8, 4) is 0 Å². The van der Waals surface area contributed by atoms with Crippen molar-refractivity contribution in [2.24, 2.45) is 0 Å². The number of aryl methyl sites for hydroxylation is 1. The van der Waals surface area contributed by atoms with Gasteiger partial charge in [-0.1, -0.05) is 12.1 Å². The number of hydrogen-bond acceptors (Lipinski definition) is 3. The number of nitrogens with one attached hydrogen (secondary N) is 2. The zero-order chi connectivity index (χ0) is 12.4. The smallest absolute Gasteiger partial charge is 0.356 e. The van der Waals surface area contributed by atoms with Gasteiger partial charge in [0.25, 0.3) is 0 Å². The SMILES string of the molecule is COC(=O)c1[nH]c2cccc(C)c2c1NC=O. The van der Waals surface area contributed by atoms with Crippen LogP contribution in [0.1, 0.15) is 16.1 Å². The fourth-order valence-corrected chi connectivity index (χ4v) is 1.88. The Kier molecular flexibility index (Phi) is 2.82. The first-order valence-electron chi connectivity index (χ1n) is 5.08. The number of carbonyl (C=O) groups excluding carboxylic acids is 2. The van der Waals surface area contributed by atoms with Crippen LogP contribution >= 0.6 is 0 Å². The van der Waals surface area contributed by atoms with Crippen LogP contribution in [-0.4, -0.2) is 24.5 Å². The van der Waals surface area contributed by atoms with Crippen LogP contribution in [0, 0.1) is 6.92 Å². The van der Waals surface area contributed by atoms with Crippen LogP contribution in [0.4, 0.5) is 5.69 Å². The lowest BCUT2D eigenvalue weighted by molar-refractivity contribution is -0.105. The number of fused-ring (bicyclic) bond motifs is 1. The number of aromatic nitrogens is 1. The minimum absolute atomic E-state index is 0.254. The molecule has 0 aliphatic rings. The highest BCUT2D eigenvalue weighted by Gasteiger charge is 2.18. The number of esters is 1. The summed E-state index contributed by atoms with van der Waals surface area (Å²) in [5, 5.41) is 3.36. The van der Waals surface area contributed by atoms with Gasteiger partial charge in [-0.15, -0.1) is 0 Å². The average Bonchev–Trinajstić information content (AvgIpc) is 2.69. The number of anilines is 1. The molecule has 2 aromatic rings. The van der Waals surface area contributed by atoms with Gasteiger partial charge in [0.15, 0.2) is 0 Å². The quantitative estimate of drug-likeness (QED) is 0.626. The van der Waals surface area contributed by atoms with E-state index in [1.807, 2.05) is 25.1 Å². The summed E-state index contributed by atoms with van der Waals surface area (Å²) in [7, 11) is 1.30. The minimum atomic E-state index is -0.509. The number of amides is 1. The molecule has 1 aromatic carbocycles. The maximum atomic E-state index is 11.6. The zero-order valence-corrected chi connectivity index (χ0v) is 9.53. The second-order valence-electron chi connectivity index (χ2n) is 3.63. The van der Waals surface area contributed by atoms with Crippen LogP contribution < -0.4 is 5.32 Å². The van der Waals surface area contributed by atoms with Crippen molar-refractivity contribution in [1.29, 1.82) is 0 Å².